The molecule has 4 aliphatic rings. The summed E-state index contributed by atoms with van der Waals surface area (Å²) < 4.78 is -0.814. The van der Waals surface area contributed by atoms with E-state index < -0.39 is 28.2 Å². The van der Waals surface area contributed by atoms with Crippen LogP contribution in [0.15, 0.2) is 54.6 Å². The van der Waals surface area contributed by atoms with Gasteiger partial charge in [0.05, 0.1) is 16.6 Å². The van der Waals surface area contributed by atoms with Crippen LogP contribution in [0.2, 0.25) is 0 Å². The van der Waals surface area contributed by atoms with E-state index in [4.69, 9.17) is 0 Å². The molecule has 1 unspecified atom stereocenters. The number of carbonyl (C=O) groups excluding carboxylic acids is 3. The van der Waals surface area contributed by atoms with Crippen LogP contribution >= 0.6 is 11.8 Å². The molecule has 0 saturated carbocycles. The first kappa shape index (κ1) is 29.9. The highest BCUT2D eigenvalue weighted by Crippen LogP contribution is 2.61. The lowest BCUT2D eigenvalue weighted by atomic mass is 9.77. The molecule has 5 atom stereocenters. The summed E-state index contributed by atoms with van der Waals surface area (Å²) in [5, 5.41) is 9.30. The maximum atomic E-state index is 14.7. The Labute approximate surface area is 249 Å². The van der Waals surface area contributed by atoms with Gasteiger partial charge in [-0.25, -0.2) is 0 Å². The number of aliphatic hydroxyl groups is 1. The molecule has 41 heavy (non-hydrogen) atoms. The summed E-state index contributed by atoms with van der Waals surface area (Å²) in [6.07, 6.45) is 10.3. The van der Waals surface area contributed by atoms with Crippen molar-refractivity contribution in [3.05, 3.63) is 60.2 Å². The van der Waals surface area contributed by atoms with Crippen LogP contribution < -0.4 is 0 Å². The molecule has 1 aromatic rings. The van der Waals surface area contributed by atoms with E-state index >= 15 is 0 Å². The Bertz CT molecular complexity index is 1220. The van der Waals surface area contributed by atoms with Crippen LogP contribution in [0, 0.1) is 17.3 Å². The van der Waals surface area contributed by atoms with Crippen LogP contribution in [-0.4, -0.2) is 85.3 Å². The second-order valence-corrected chi connectivity index (χ2v) is 15.3. The third-order valence-corrected chi connectivity index (χ3v) is 10.7. The molecule has 2 saturated heterocycles. The number of nitrogens with zero attached hydrogens (tertiary/aromatic N) is 3. The summed E-state index contributed by atoms with van der Waals surface area (Å²) in [6.45, 7) is 12.7. The van der Waals surface area contributed by atoms with Crippen LogP contribution in [0.3, 0.4) is 0 Å². The number of hydrogen-bond donors (Lipinski definition) is 1. The van der Waals surface area contributed by atoms with E-state index in [-0.39, 0.29) is 35.0 Å². The number of fused-ring (bicyclic) bond motifs is 2. The van der Waals surface area contributed by atoms with E-state index in [0.717, 1.165) is 12.0 Å². The van der Waals surface area contributed by atoms with E-state index in [2.05, 4.69) is 58.9 Å². The summed E-state index contributed by atoms with van der Waals surface area (Å²) >= 11 is 1.63. The van der Waals surface area contributed by atoms with Crippen molar-refractivity contribution in [1.82, 2.24) is 14.7 Å². The minimum Gasteiger partial charge on any atom is -0.396 e. The predicted octanol–water partition coefficient (Wildman–Crippen LogP) is 4.27. The summed E-state index contributed by atoms with van der Waals surface area (Å²) in [4.78, 5) is 48.9. The highest BCUT2D eigenvalue weighted by Gasteiger charge is 2.71. The SMILES string of the molecule is CC(C)(C)CC(C)(C)N1CC=C[C@]23S[C@H]4C=CCN(Cc5ccccc5)C(=O)[C@H]4[C@H]2C(=O)N(CCCCO)C3C1=O. The van der Waals surface area contributed by atoms with E-state index in [0.29, 0.717) is 39.0 Å². The number of benzene rings is 1. The Balaban J connectivity index is 1.53. The molecule has 4 heterocycles. The average Bonchev–Trinajstić information content (AvgIpc) is 3.20. The first-order valence-corrected chi connectivity index (χ1v) is 15.9. The molecule has 0 radical (unpaired) electrons. The van der Waals surface area contributed by atoms with E-state index in [9.17, 15) is 19.5 Å². The Hall–Kier alpha value is -2.58. The summed E-state index contributed by atoms with van der Waals surface area (Å²) in [6, 6.07) is 9.26. The number of likely N-dealkylation sites (tertiary alicyclic amines) is 1. The smallest absolute Gasteiger partial charge is 0.247 e. The Morgan fingerprint density at radius 2 is 1.68 bits per heavy atom. The zero-order valence-electron chi connectivity index (χ0n) is 25.1. The van der Waals surface area contributed by atoms with Crippen molar-refractivity contribution in [3.8, 4) is 0 Å². The zero-order chi connectivity index (χ0) is 29.6. The monoisotopic (exact) mass is 579 g/mol. The van der Waals surface area contributed by atoms with Crippen LogP contribution in [0.5, 0.6) is 0 Å². The first-order valence-electron chi connectivity index (χ1n) is 15.0. The van der Waals surface area contributed by atoms with Crippen molar-refractivity contribution in [2.24, 2.45) is 17.3 Å². The van der Waals surface area contributed by atoms with Gasteiger partial charge in [0.25, 0.3) is 0 Å². The molecule has 0 aliphatic carbocycles. The van der Waals surface area contributed by atoms with Crippen LogP contribution in [0.25, 0.3) is 0 Å². The minimum atomic E-state index is -0.814. The second-order valence-electron chi connectivity index (χ2n) is 13.8. The molecule has 1 spiro atoms. The zero-order valence-corrected chi connectivity index (χ0v) is 25.9. The summed E-state index contributed by atoms with van der Waals surface area (Å²) in [7, 11) is 0. The van der Waals surface area contributed by atoms with E-state index in [1.54, 1.807) is 16.7 Å². The van der Waals surface area contributed by atoms with Crippen LogP contribution in [0.4, 0.5) is 0 Å². The predicted molar refractivity (Wildman–Crippen MR) is 163 cm³/mol. The number of thioether (sulfide) groups is 1. The van der Waals surface area contributed by atoms with E-state index in [1.807, 2.05) is 40.1 Å². The van der Waals surface area contributed by atoms with Gasteiger partial charge in [-0.15, -0.1) is 11.8 Å². The Kier molecular flexibility index (Phi) is 8.20. The maximum Gasteiger partial charge on any atom is 0.247 e. The minimum absolute atomic E-state index is 0.0149. The average molecular weight is 580 g/mol. The topological polar surface area (TPSA) is 81.2 Å². The van der Waals surface area contributed by atoms with Gasteiger partial charge in [-0.3, -0.25) is 14.4 Å². The molecule has 7 nitrogen and oxygen atoms in total. The number of carbonyl (C=O) groups is 3. The molecule has 8 heteroatoms. The van der Waals surface area contributed by atoms with Gasteiger partial charge < -0.3 is 19.8 Å². The number of aliphatic hydroxyl groups excluding tert-OH is 1. The van der Waals surface area contributed by atoms with Gasteiger partial charge in [-0.1, -0.05) is 75.4 Å². The third-order valence-electron chi connectivity index (χ3n) is 8.96. The molecule has 1 aromatic carbocycles. The number of unbranched alkanes of at least 4 members (excludes halogenated alkanes) is 1. The highest BCUT2D eigenvalue weighted by atomic mass is 32.2. The van der Waals surface area contributed by atoms with Crippen molar-refractivity contribution in [2.75, 3.05) is 26.2 Å². The first-order chi connectivity index (χ1) is 19.4. The maximum absolute atomic E-state index is 14.7. The number of hydrogen-bond acceptors (Lipinski definition) is 5. The van der Waals surface area contributed by atoms with Gasteiger partial charge in [0.15, 0.2) is 0 Å². The molecular weight excluding hydrogens is 534 g/mol. The fourth-order valence-corrected chi connectivity index (χ4v) is 9.71. The number of rotatable bonds is 8. The molecule has 1 N–H and O–H groups in total. The molecule has 3 amide bonds. The molecule has 0 bridgehead atoms. The van der Waals surface area contributed by atoms with E-state index in [1.165, 1.54) is 0 Å². The lowest BCUT2D eigenvalue weighted by Gasteiger charge is -2.44. The van der Waals surface area contributed by atoms with Gasteiger partial charge in [0.2, 0.25) is 17.7 Å². The van der Waals surface area contributed by atoms with Gasteiger partial charge in [0.1, 0.15) is 6.04 Å². The van der Waals surface area contributed by atoms with Crippen molar-refractivity contribution in [2.45, 2.75) is 82.0 Å². The van der Waals surface area contributed by atoms with Crippen LogP contribution in [0.1, 0.15) is 59.4 Å². The fourth-order valence-electron chi connectivity index (χ4n) is 7.71. The standard InChI is InChI=1S/C33H45N3O4S/c1-31(2,3)22-32(4,5)36-19-12-16-33-26(29(39)35(18-9-10-20-37)27(33)30(36)40)25-24(41-33)15-11-17-34(28(25)38)21-23-13-7-6-8-14-23/h6-8,11-16,24-27,37H,9-10,17-22H2,1-5H3/t24-,25+,26-,27?,33-/m0/s1. The molecule has 4 aliphatic heterocycles. The van der Waals surface area contributed by atoms with Gasteiger partial charge >= 0.3 is 0 Å². The molecule has 222 valence electrons. The van der Waals surface area contributed by atoms with Crippen molar-refractivity contribution in [1.29, 1.82) is 0 Å². The summed E-state index contributed by atoms with van der Waals surface area (Å²) in [5.41, 5.74) is 0.649. The Morgan fingerprint density at radius 3 is 2.37 bits per heavy atom. The normalized spacial score (nSPS) is 29.9. The number of amides is 3. The van der Waals surface area contributed by atoms with Gasteiger partial charge in [-0.2, -0.15) is 0 Å². The van der Waals surface area contributed by atoms with Crippen LogP contribution in [-0.2, 0) is 20.9 Å². The van der Waals surface area contributed by atoms with Crippen molar-refractivity contribution >= 4 is 29.5 Å². The van der Waals surface area contributed by atoms with Gasteiger partial charge in [-0.05, 0) is 44.1 Å². The largest absolute Gasteiger partial charge is 0.396 e. The van der Waals surface area contributed by atoms with Gasteiger partial charge in [0, 0.05) is 43.6 Å². The molecular formula is C33H45N3O4S. The van der Waals surface area contributed by atoms with Crippen molar-refractivity contribution < 1.29 is 19.5 Å². The molecule has 0 aromatic heterocycles. The quantitative estimate of drug-likeness (QED) is 0.368. The Morgan fingerprint density at radius 1 is 0.951 bits per heavy atom. The lowest BCUT2D eigenvalue weighted by Crippen LogP contribution is -2.58. The van der Waals surface area contributed by atoms with Crippen molar-refractivity contribution in [3.63, 3.8) is 0 Å². The summed E-state index contributed by atoms with van der Waals surface area (Å²) in [5.74, 6) is -1.31. The lowest BCUT2D eigenvalue weighted by molar-refractivity contribution is -0.147. The second kappa shape index (κ2) is 11.3. The molecule has 5 rings (SSSR count). The fraction of sp³-hybridized carbons (Fsp3) is 0.606. The molecule has 2 fully saturated rings. The highest BCUT2D eigenvalue weighted by molar-refractivity contribution is 8.02. The third kappa shape index (κ3) is 5.50.